The highest BCUT2D eigenvalue weighted by Gasteiger charge is 2.37. The van der Waals surface area contributed by atoms with Crippen LogP contribution in [0.3, 0.4) is 0 Å². The highest BCUT2D eigenvalue weighted by Crippen LogP contribution is 2.33. The standard InChI is InChI=1S/C21H22N2O5/c1-14-7-9-16(10-8-14)22-19(24)13-28-21(26)15-11-20(25)23(12-15)17-5-3-4-6-18(17)27-2/h3-10,15H,11-13H2,1-2H3,(H,22,24)/t15-/m0/s1. The molecule has 1 atom stereocenters. The van der Waals surface area contributed by atoms with E-state index < -0.39 is 24.4 Å². The number of aryl methyl sites for hydroxylation is 1. The van der Waals surface area contributed by atoms with E-state index in [9.17, 15) is 14.4 Å². The molecule has 146 valence electrons. The summed E-state index contributed by atoms with van der Waals surface area (Å²) in [6.45, 7) is 1.74. The van der Waals surface area contributed by atoms with Crippen molar-refractivity contribution >= 4 is 29.2 Å². The summed E-state index contributed by atoms with van der Waals surface area (Å²) in [5.41, 5.74) is 2.32. The topological polar surface area (TPSA) is 84.9 Å². The van der Waals surface area contributed by atoms with Crippen LogP contribution in [0.5, 0.6) is 5.75 Å². The first kappa shape index (κ1) is 19.4. The molecule has 0 aromatic heterocycles. The number of anilines is 2. The van der Waals surface area contributed by atoms with E-state index in [1.165, 1.54) is 12.0 Å². The van der Waals surface area contributed by atoms with Gasteiger partial charge in [0.25, 0.3) is 5.91 Å². The summed E-state index contributed by atoms with van der Waals surface area (Å²) < 4.78 is 10.4. The second-order valence-electron chi connectivity index (χ2n) is 6.60. The van der Waals surface area contributed by atoms with Crippen molar-refractivity contribution in [2.45, 2.75) is 13.3 Å². The highest BCUT2D eigenvalue weighted by atomic mass is 16.5. The number of nitrogens with one attached hydrogen (secondary N) is 1. The number of methoxy groups -OCH3 is 1. The van der Waals surface area contributed by atoms with Crippen LogP contribution in [-0.2, 0) is 19.1 Å². The quantitative estimate of drug-likeness (QED) is 0.776. The van der Waals surface area contributed by atoms with E-state index in [-0.39, 0.29) is 18.9 Å². The average Bonchev–Trinajstić information content (AvgIpc) is 3.09. The van der Waals surface area contributed by atoms with E-state index in [1.54, 1.807) is 36.4 Å². The lowest BCUT2D eigenvalue weighted by Gasteiger charge is -2.19. The Morgan fingerprint density at radius 1 is 1.14 bits per heavy atom. The number of esters is 1. The lowest BCUT2D eigenvalue weighted by Crippen LogP contribution is -2.28. The van der Waals surface area contributed by atoms with Crippen molar-refractivity contribution in [2.75, 3.05) is 30.5 Å². The number of carbonyl (C=O) groups excluding carboxylic acids is 3. The fourth-order valence-corrected chi connectivity index (χ4v) is 3.04. The van der Waals surface area contributed by atoms with Crippen molar-refractivity contribution < 1.29 is 23.9 Å². The molecular formula is C21H22N2O5. The SMILES string of the molecule is COc1ccccc1N1C[C@@H](C(=O)OCC(=O)Nc2ccc(C)cc2)CC1=O. The van der Waals surface area contributed by atoms with Crippen molar-refractivity contribution in [1.82, 2.24) is 0 Å². The molecule has 28 heavy (non-hydrogen) atoms. The van der Waals surface area contributed by atoms with Gasteiger partial charge in [-0.15, -0.1) is 0 Å². The van der Waals surface area contributed by atoms with Gasteiger partial charge in [-0.3, -0.25) is 14.4 Å². The Morgan fingerprint density at radius 3 is 2.57 bits per heavy atom. The maximum Gasteiger partial charge on any atom is 0.311 e. The maximum atomic E-state index is 12.3. The lowest BCUT2D eigenvalue weighted by atomic mass is 10.1. The molecule has 0 bridgehead atoms. The number of rotatable bonds is 6. The van der Waals surface area contributed by atoms with Crippen molar-refractivity contribution in [3.05, 3.63) is 54.1 Å². The van der Waals surface area contributed by atoms with E-state index in [2.05, 4.69) is 5.32 Å². The summed E-state index contributed by atoms with van der Waals surface area (Å²) in [6.07, 6.45) is 0.0382. The molecule has 7 heteroatoms. The van der Waals surface area contributed by atoms with Crippen LogP contribution in [0.15, 0.2) is 48.5 Å². The van der Waals surface area contributed by atoms with Crippen molar-refractivity contribution in [2.24, 2.45) is 5.92 Å². The number of carbonyl (C=O) groups is 3. The second-order valence-corrected chi connectivity index (χ2v) is 6.60. The number of hydrogen-bond acceptors (Lipinski definition) is 5. The van der Waals surface area contributed by atoms with Crippen LogP contribution in [0.25, 0.3) is 0 Å². The van der Waals surface area contributed by atoms with E-state index in [0.717, 1.165) is 5.56 Å². The predicted octanol–water partition coefficient (Wildman–Crippen LogP) is 2.54. The van der Waals surface area contributed by atoms with Crippen LogP contribution in [0.4, 0.5) is 11.4 Å². The van der Waals surface area contributed by atoms with Crippen LogP contribution in [0, 0.1) is 12.8 Å². The van der Waals surface area contributed by atoms with E-state index >= 15 is 0 Å². The van der Waals surface area contributed by atoms with Gasteiger partial charge in [0.1, 0.15) is 5.75 Å². The molecular weight excluding hydrogens is 360 g/mol. The molecule has 1 saturated heterocycles. The molecule has 1 aliphatic heterocycles. The monoisotopic (exact) mass is 382 g/mol. The molecule has 0 aliphatic carbocycles. The van der Waals surface area contributed by atoms with Crippen LogP contribution in [0.1, 0.15) is 12.0 Å². The Kier molecular flexibility index (Phi) is 5.93. The van der Waals surface area contributed by atoms with Gasteiger partial charge in [0, 0.05) is 18.7 Å². The molecule has 3 rings (SSSR count). The van der Waals surface area contributed by atoms with Crippen molar-refractivity contribution in [1.29, 1.82) is 0 Å². The fraction of sp³-hybridized carbons (Fsp3) is 0.286. The number of benzene rings is 2. The first-order valence-electron chi connectivity index (χ1n) is 8.94. The van der Waals surface area contributed by atoms with E-state index in [1.807, 2.05) is 19.1 Å². The van der Waals surface area contributed by atoms with Gasteiger partial charge in [0.2, 0.25) is 5.91 Å². The molecule has 1 N–H and O–H groups in total. The number of amides is 2. The molecule has 2 aromatic rings. The van der Waals surface area contributed by atoms with Gasteiger partial charge >= 0.3 is 5.97 Å². The molecule has 0 unspecified atom stereocenters. The zero-order valence-electron chi connectivity index (χ0n) is 15.8. The first-order chi connectivity index (χ1) is 13.5. The van der Waals surface area contributed by atoms with Crippen LogP contribution >= 0.6 is 0 Å². The Bertz CT molecular complexity index is 879. The highest BCUT2D eigenvalue weighted by molar-refractivity contribution is 6.01. The van der Waals surface area contributed by atoms with Gasteiger partial charge in [-0.1, -0.05) is 29.8 Å². The molecule has 0 saturated carbocycles. The molecule has 2 aromatic carbocycles. The Morgan fingerprint density at radius 2 is 1.86 bits per heavy atom. The lowest BCUT2D eigenvalue weighted by molar-refractivity contribution is -0.151. The summed E-state index contributed by atoms with van der Waals surface area (Å²) in [5.74, 6) is -1.24. The Labute approximate surface area is 163 Å². The summed E-state index contributed by atoms with van der Waals surface area (Å²) in [7, 11) is 1.53. The Hall–Kier alpha value is -3.35. The van der Waals surface area contributed by atoms with Gasteiger partial charge < -0.3 is 19.7 Å². The normalized spacial score (nSPS) is 16.0. The van der Waals surface area contributed by atoms with Gasteiger partial charge in [-0.05, 0) is 31.2 Å². The second kappa shape index (κ2) is 8.56. The molecule has 2 amide bonds. The third-order valence-corrected chi connectivity index (χ3v) is 4.52. The maximum absolute atomic E-state index is 12.3. The minimum Gasteiger partial charge on any atom is -0.495 e. The largest absolute Gasteiger partial charge is 0.495 e. The molecule has 7 nitrogen and oxygen atoms in total. The molecule has 0 radical (unpaired) electrons. The van der Waals surface area contributed by atoms with Crippen molar-refractivity contribution in [3.8, 4) is 5.75 Å². The van der Waals surface area contributed by atoms with Gasteiger partial charge in [0.15, 0.2) is 6.61 Å². The van der Waals surface area contributed by atoms with Gasteiger partial charge in [-0.25, -0.2) is 0 Å². The number of para-hydroxylation sites is 2. The molecule has 1 aliphatic rings. The minimum absolute atomic E-state index is 0.0382. The average molecular weight is 382 g/mol. The van der Waals surface area contributed by atoms with Crippen LogP contribution < -0.4 is 15.0 Å². The van der Waals surface area contributed by atoms with Crippen molar-refractivity contribution in [3.63, 3.8) is 0 Å². The zero-order valence-corrected chi connectivity index (χ0v) is 15.8. The van der Waals surface area contributed by atoms with Crippen LogP contribution in [-0.4, -0.2) is 38.0 Å². The number of ether oxygens (including phenoxy) is 2. The summed E-state index contributed by atoms with van der Waals surface area (Å²) in [5, 5.41) is 2.66. The summed E-state index contributed by atoms with van der Waals surface area (Å²) >= 11 is 0. The third-order valence-electron chi connectivity index (χ3n) is 4.52. The fourth-order valence-electron chi connectivity index (χ4n) is 3.04. The van der Waals surface area contributed by atoms with E-state index in [4.69, 9.17) is 9.47 Å². The smallest absolute Gasteiger partial charge is 0.311 e. The zero-order chi connectivity index (χ0) is 20.1. The summed E-state index contributed by atoms with van der Waals surface area (Å²) in [6, 6.07) is 14.4. The third kappa shape index (κ3) is 4.49. The van der Waals surface area contributed by atoms with E-state index in [0.29, 0.717) is 17.1 Å². The molecule has 0 spiro atoms. The number of nitrogens with zero attached hydrogens (tertiary/aromatic N) is 1. The predicted molar refractivity (Wildman–Crippen MR) is 104 cm³/mol. The molecule has 1 heterocycles. The number of hydrogen-bond donors (Lipinski definition) is 1. The first-order valence-corrected chi connectivity index (χ1v) is 8.94. The minimum atomic E-state index is -0.621. The summed E-state index contributed by atoms with van der Waals surface area (Å²) in [4.78, 5) is 38.1. The van der Waals surface area contributed by atoms with Gasteiger partial charge in [0.05, 0.1) is 18.7 Å². The van der Waals surface area contributed by atoms with Gasteiger partial charge in [-0.2, -0.15) is 0 Å². The van der Waals surface area contributed by atoms with Crippen LogP contribution in [0.2, 0.25) is 0 Å². The molecule has 1 fully saturated rings. The Balaban J connectivity index is 1.54.